The largest absolute Gasteiger partial charge is 0.393 e. The maximum Gasteiger partial charge on any atom is 0.0571 e. The Morgan fingerprint density at radius 1 is 0.800 bits per heavy atom. The molecule has 15 heavy (non-hydrogen) atoms. The number of aliphatic hydroxyl groups excluding tert-OH is 1. The Labute approximate surface area is 93.0 Å². The minimum Gasteiger partial charge on any atom is -0.393 e. The van der Waals surface area contributed by atoms with Crippen LogP contribution in [-0.4, -0.2) is 24.4 Å². The molecule has 0 atom stereocenters. The Balaban J connectivity index is 1.75. The SMILES string of the molecule is CO[C@H]1CC[C@H]([C@H]2CC[C@H](O)CC2)CC1. The predicted octanol–water partition coefficient (Wildman–Crippen LogP) is 2.74. The van der Waals surface area contributed by atoms with Gasteiger partial charge in [-0.25, -0.2) is 0 Å². The molecule has 0 spiro atoms. The van der Waals surface area contributed by atoms with E-state index < -0.39 is 0 Å². The number of hydrogen-bond acceptors (Lipinski definition) is 2. The summed E-state index contributed by atoms with van der Waals surface area (Å²) >= 11 is 0. The van der Waals surface area contributed by atoms with Crippen molar-refractivity contribution in [2.24, 2.45) is 11.8 Å². The lowest BCUT2D eigenvalue weighted by molar-refractivity contribution is 0.0305. The van der Waals surface area contributed by atoms with Crippen LogP contribution in [0.4, 0.5) is 0 Å². The van der Waals surface area contributed by atoms with Gasteiger partial charge in [0.2, 0.25) is 0 Å². The summed E-state index contributed by atoms with van der Waals surface area (Å²) in [6.45, 7) is 0. The van der Waals surface area contributed by atoms with Gasteiger partial charge < -0.3 is 9.84 Å². The van der Waals surface area contributed by atoms with Gasteiger partial charge in [0.25, 0.3) is 0 Å². The summed E-state index contributed by atoms with van der Waals surface area (Å²) in [6.07, 6.45) is 10.3. The first-order valence-electron chi connectivity index (χ1n) is 6.50. The lowest BCUT2D eigenvalue weighted by Gasteiger charge is -2.36. The van der Waals surface area contributed by atoms with E-state index in [1.165, 1.54) is 38.5 Å². The Bertz CT molecular complexity index is 177. The third-order valence-electron chi connectivity index (χ3n) is 4.46. The minimum absolute atomic E-state index is 0.00318. The molecule has 1 N–H and O–H groups in total. The molecule has 2 fully saturated rings. The predicted molar refractivity (Wildman–Crippen MR) is 60.7 cm³/mol. The molecule has 2 nitrogen and oxygen atoms in total. The van der Waals surface area contributed by atoms with E-state index in [0.29, 0.717) is 6.10 Å². The summed E-state index contributed by atoms with van der Waals surface area (Å²) in [5.41, 5.74) is 0. The van der Waals surface area contributed by atoms with E-state index in [-0.39, 0.29) is 6.10 Å². The van der Waals surface area contributed by atoms with Gasteiger partial charge in [-0.1, -0.05) is 0 Å². The van der Waals surface area contributed by atoms with Crippen LogP contribution in [0.15, 0.2) is 0 Å². The first kappa shape index (κ1) is 11.4. The van der Waals surface area contributed by atoms with Crippen molar-refractivity contribution in [3.8, 4) is 0 Å². The summed E-state index contributed by atoms with van der Waals surface area (Å²) in [5.74, 6) is 1.81. The zero-order valence-corrected chi connectivity index (χ0v) is 9.82. The number of hydrogen-bond donors (Lipinski definition) is 1. The summed E-state index contributed by atoms with van der Waals surface area (Å²) in [6, 6.07) is 0. The quantitative estimate of drug-likeness (QED) is 0.762. The molecule has 88 valence electrons. The summed E-state index contributed by atoms with van der Waals surface area (Å²) in [4.78, 5) is 0. The Morgan fingerprint density at radius 3 is 1.73 bits per heavy atom. The first-order valence-corrected chi connectivity index (χ1v) is 6.50. The van der Waals surface area contributed by atoms with Gasteiger partial charge in [-0.2, -0.15) is 0 Å². The molecule has 0 radical (unpaired) electrons. The standard InChI is InChI=1S/C13H24O2/c1-15-13-8-4-11(5-9-13)10-2-6-12(14)7-3-10/h10-14H,2-9H2,1H3/t10-,11-,12-,13-. The van der Waals surface area contributed by atoms with Gasteiger partial charge in [-0.05, 0) is 63.2 Å². The van der Waals surface area contributed by atoms with Crippen molar-refractivity contribution in [2.45, 2.75) is 63.6 Å². The zero-order valence-electron chi connectivity index (χ0n) is 9.82. The van der Waals surface area contributed by atoms with Gasteiger partial charge in [0, 0.05) is 7.11 Å². The summed E-state index contributed by atoms with van der Waals surface area (Å²) in [5, 5.41) is 9.49. The molecule has 0 aromatic heterocycles. The van der Waals surface area contributed by atoms with E-state index in [1.807, 2.05) is 7.11 Å². The van der Waals surface area contributed by atoms with Crippen molar-refractivity contribution < 1.29 is 9.84 Å². The van der Waals surface area contributed by atoms with Crippen molar-refractivity contribution in [1.29, 1.82) is 0 Å². The molecule has 0 aromatic carbocycles. The van der Waals surface area contributed by atoms with Crippen molar-refractivity contribution >= 4 is 0 Å². The Kier molecular flexibility index (Phi) is 4.04. The molecule has 0 heterocycles. The van der Waals surface area contributed by atoms with E-state index in [9.17, 15) is 5.11 Å². The van der Waals surface area contributed by atoms with Gasteiger partial charge in [-0.15, -0.1) is 0 Å². The molecule has 0 amide bonds. The van der Waals surface area contributed by atoms with E-state index >= 15 is 0 Å². The minimum atomic E-state index is -0.00318. The highest BCUT2D eigenvalue weighted by Gasteiger charge is 2.30. The van der Waals surface area contributed by atoms with Crippen molar-refractivity contribution in [2.75, 3.05) is 7.11 Å². The second-order valence-corrected chi connectivity index (χ2v) is 5.34. The van der Waals surface area contributed by atoms with E-state index in [4.69, 9.17) is 4.74 Å². The van der Waals surface area contributed by atoms with Crippen LogP contribution in [0, 0.1) is 11.8 Å². The molecule has 0 aliphatic heterocycles. The topological polar surface area (TPSA) is 29.5 Å². The number of aliphatic hydroxyl groups is 1. The molecule has 2 heteroatoms. The van der Waals surface area contributed by atoms with E-state index in [0.717, 1.165) is 24.7 Å². The molecule has 2 aliphatic rings. The molecule has 0 unspecified atom stereocenters. The highest BCUT2D eigenvalue weighted by atomic mass is 16.5. The van der Waals surface area contributed by atoms with Crippen LogP contribution in [0.3, 0.4) is 0 Å². The maximum atomic E-state index is 9.49. The van der Waals surface area contributed by atoms with E-state index in [2.05, 4.69) is 0 Å². The van der Waals surface area contributed by atoms with Crippen LogP contribution in [0.2, 0.25) is 0 Å². The number of ether oxygens (including phenoxy) is 1. The third-order valence-corrected chi connectivity index (χ3v) is 4.46. The van der Waals surface area contributed by atoms with Gasteiger partial charge in [0.15, 0.2) is 0 Å². The average molecular weight is 212 g/mol. The summed E-state index contributed by atoms with van der Waals surface area (Å²) < 4.78 is 5.40. The van der Waals surface area contributed by atoms with Crippen molar-refractivity contribution in [3.05, 3.63) is 0 Å². The van der Waals surface area contributed by atoms with Crippen molar-refractivity contribution in [1.82, 2.24) is 0 Å². The lowest BCUT2D eigenvalue weighted by atomic mass is 9.72. The first-order chi connectivity index (χ1) is 7.29. The molecular weight excluding hydrogens is 188 g/mol. The van der Waals surface area contributed by atoms with Gasteiger partial charge in [-0.3, -0.25) is 0 Å². The number of rotatable bonds is 2. The highest BCUT2D eigenvalue weighted by Crippen LogP contribution is 2.38. The van der Waals surface area contributed by atoms with Crippen LogP contribution in [-0.2, 0) is 4.74 Å². The van der Waals surface area contributed by atoms with Crippen molar-refractivity contribution in [3.63, 3.8) is 0 Å². The molecular formula is C13H24O2. The second kappa shape index (κ2) is 5.31. The fourth-order valence-electron chi connectivity index (χ4n) is 3.37. The summed E-state index contributed by atoms with van der Waals surface area (Å²) in [7, 11) is 1.84. The van der Waals surface area contributed by atoms with Crippen LogP contribution >= 0.6 is 0 Å². The third kappa shape index (κ3) is 2.94. The lowest BCUT2D eigenvalue weighted by Crippen LogP contribution is -2.29. The molecule has 0 bridgehead atoms. The van der Waals surface area contributed by atoms with Crippen LogP contribution in [0.1, 0.15) is 51.4 Å². The van der Waals surface area contributed by atoms with Crippen LogP contribution in [0.5, 0.6) is 0 Å². The van der Waals surface area contributed by atoms with Gasteiger partial charge in [0.05, 0.1) is 12.2 Å². The van der Waals surface area contributed by atoms with Gasteiger partial charge >= 0.3 is 0 Å². The second-order valence-electron chi connectivity index (χ2n) is 5.34. The fraction of sp³-hybridized carbons (Fsp3) is 1.00. The average Bonchev–Trinajstić information content (AvgIpc) is 2.30. The smallest absolute Gasteiger partial charge is 0.0571 e. The van der Waals surface area contributed by atoms with E-state index in [1.54, 1.807) is 0 Å². The molecule has 2 aliphatic carbocycles. The number of methoxy groups -OCH3 is 1. The molecule has 0 saturated heterocycles. The normalized spacial score (nSPS) is 42.8. The maximum absolute atomic E-state index is 9.49. The molecule has 2 rings (SSSR count). The zero-order chi connectivity index (χ0) is 10.7. The Hall–Kier alpha value is -0.0800. The van der Waals surface area contributed by atoms with Gasteiger partial charge in [0.1, 0.15) is 0 Å². The fourth-order valence-corrected chi connectivity index (χ4v) is 3.37. The highest BCUT2D eigenvalue weighted by molar-refractivity contribution is 4.81. The van der Waals surface area contributed by atoms with Crippen LogP contribution in [0.25, 0.3) is 0 Å². The Morgan fingerprint density at radius 2 is 1.27 bits per heavy atom. The van der Waals surface area contributed by atoms with Crippen LogP contribution < -0.4 is 0 Å². The molecule has 2 saturated carbocycles. The monoisotopic (exact) mass is 212 g/mol. The molecule has 0 aromatic rings.